The van der Waals surface area contributed by atoms with E-state index in [2.05, 4.69) is 83.7 Å². The summed E-state index contributed by atoms with van der Waals surface area (Å²) >= 11 is -0.472. The number of benzene rings is 2. The summed E-state index contributed by atoms with van der Waals surface area (Å²) < 4.78 is 33.8. The number of hydrogen-bond donors (Lipinski definition) is 12. The van der Waals surface area contributed by atoms with E-state index in [0.29, 0.717) is 230 Å². The number of aryl methyl sites for hydroxylation is 4. The first-order chi connectivity index (χ1) is 64.7. The average molecular weight is 2100 g/mol. The normalized spacial score (nSPS) is 11.8. The van der Waals surface area contributed by atoms with Gasteiger partial charge < -0.3 is 93.8 Å². The number of anilines is 2. The molecule has 0 aliphatic rings. The Morgan fingerprint density at radius 3 is 1.31 bits per heavy atom. The van der Waals surface area contributed by atoms with Gasteiger partial charge in [-0.3, -0.25) is 82.1 Å². The first kappa shape index (κ1) is 114. The molecule has 2 atom stereocenters. The number of aliphatic imine (C=N–C) groups is 1. The number of carboxylic acid groups (broad SMARTS) is 2. The molecule has 740 valence electrons. The van der Waals surface area contributed by atoms with Crippen LogP contribution in [0.1, 0.15) is 198 Å². The molecule has 0 spiro atoms. The Hall–Kier alpha value is -10.3. The number of fused-ring (bicyclic) bond motifs is 2. The van der Waals surface area contributed by atoms with E-state index in [1.54, 1.807) is 55.5 Å². The van der Waals surface area contributed by atoms with Crippen molar-refractivity contribution < 1.29 is 113 Å². The molecule has 2 unspecified atom stereocenters. The van der Waals surface area contributed by atoms with Crippen molar-refractivity contribution in [2.24, 2.45) is 16.8 Å². The van der Waals surface area contributed by atoms with Crippen LogP contribution in [0.25, 0.3) is 22.3 Å². The maximum absolute atomic E-state index is 13.2. The quantitative estimate of drug-likeness (QED) is 0.00919. The van der Waals surface area contributed by atoms with Crippen LogP contribution in [0.5, 0.6) is 0 Å². The zero-order valence-corrected chi connectivity index (χ0v) is 80.1. The standard InChI is InChI=1S/C91H131N18O22.2ClH.Pt/c1-3-36-94-40-33-80(118)97-39-9-48-128-52-56-131-55-51-127-47-8-38-96-77(115)30-15-63(2)100-62-74(112)13-6-12-72(110)11-4-5-46-126-50-54-130-57-53-129-49-10-43-109(44-34-73(111)14-7-37-95-78(116)31-26-68(88(122)123)58-75(113)66-22-16-64(17-23-66)20-28-70-60-101-82-84(103-70)105-90(92)107-86(82)120)45-35-81(119)99-42-41-98-79(117)32-27-69(89(124)125)59-76(114)67-24-18-65(19-25-67)21-29-71-61-102-83-85(104-71)106-91(93)108-87(83)121;;;/h16-19,22-25,60-61,68-69,94H,1,3-15,20-21,26-59,62H2,2H3,(H,95,116)(H,96,115)(H,97,118)(H,98,117)(H,99,119)(H,122,123)(H,124,125)(H3,92,103,105,107,120)(H3,93,104,106,108,121);2*1H;/q-1;;;+4/p-2. The van der Waals surface area contributed by atoms with Gasteiger partial charge in [-0.1, -0.05) is 48.5 Å². The van der Waals surface area contributed by atoms with Gasteiger partial charge in [-0.25, -0.2) is 19.9 Å². The molecule has 0 aliphatic heterocycles. The SMILES string of the molecule is [CH2-]CCNCCC(=O)NCCCOCCOCCOCCCNC(=O)CCC(C)=NCC(=O)CCCC(=O)CCCCOCCOCCOCCCN(CCC(=O)CCCNC(=O)CCC(CC(=O)c1ccc(CCc2cnc3c(=O)[nH]c(N)nc3n2)cc1)C(=O)O)CCC(=O)NCCNC(=O)CCC(CC(=O)c1ccc(CCc2cnc3c(=O)[nH]c(N)nc3n2)cc1)C(=O)O.[Cl][Pt+2][Cl]. The Morgan fingerprint density at radius 2 is 0.836 bits per heavy atom. The van der Waals surface area contributed by atoms with Crippen LogP contribution in [0, 0.1) is 18.8 Å². The number of ether oxygens (including phenoxy) is 6. The van der Waals surface area contributed by atoms with Crippen LogP contribution in [0.2, 0.25) is 0 Å². The molecule has 40 nitrogen and oxygen atoms in total. The van der Waals surface area contributed by atoms with E-state index in [4.69, 9.17) is 58.7 Å². The van der Waals surface area contributed by atoms with Gasteiger partial charge in [0, 0.05) is 192 Å². The number of nitrogens with one attached hydrogen (secondary N) is 8. The van der Waals surface area contributed by atoms with Crippen LogP contribution in [0.3, 0.4) is 0 Å². The summed E-state index contributed by atoms with van der Waals surface area (Å²) in [5.74, 6) is -7.09. The number of unbranched alkanes of at least 4 members (excludes halogenated alkanes) is 1. The number of nitrogen functional groups attached to an aromatic ring is 2. The number of rotatable bonds is 76. The summed E-state index contributed by atoms with van der Waals surface area (Å²) in [6.07, 6.45) is 10.8. The third kappa shape index (κ3) is 52.0. The van der Waals surface area contributed by atoms with Crippen LogP contribution < -0.4 is 54.5 Å². The summed E-state index contributed by atoms with van der Waals surface area (Å²) in [7, 11) is 9.75. The minimum absolute atomic E-state index is 0.00350. The van der Waals surface area contributed by atoms with Gasteiger partial charge in [-0.15, -0.1) is 0 Å². The van der Waals surface area contributed by atoms with Crippen LogP contribution in [0.4, 0.5) is 11.9 Å². The average Bonchev–Trinajstić information content (AvgIpc) is 0.814. The molecule has 2 aromatic carbocycles. The molecule has 0 saturated heterocycles. The molecule has 0 saturated carbocycles. The number of hydrogen-bond acceptors (Lipinski definition) is 31. The fourth-order valence-corrected chi connectivity index (χ4v) is 13.3. The van der Waals surface area contributed by atoms with E-state index < -0.39 is 74.8 Å². The number of nitrogens with two attached hydrogens (primary N) is 2. The zero-order valence-electron chi connectivity index (χ0n) is 76.4. The van der Waals surface area contributed by atoms with Gasteiger partial charge >= 0.3 is 47.3 Å². The van der Waals surface area contributed by atoms with Gasteiger partial charge in [0.15, 0.2) is 39.7 Å². The first-order valence-electron chi connectivity index (χ1n) is 45.3. The van der Waals surface area contributed by atoms with Gasteiger partial charge in [-0.05, 0) is 114 Å². The van der Waals surface area contributed by atoms with Crippen molar-refractivity contribution in [3.05, 3.63) is 122 Å². The molecule has 43 heteroatoms. The number of ketones is 5. The van der Waals surface area contributed by atoms with Crippen molar-refractivity contribution in [3.8, 4) is 0 Å². The molecule has 134 heavy (non-hydrogen) atoms. The molecular weight excluding hydrogens is 1960 g/mol. The summed E-state index contributed by atoms with van der Waals surface area (Å²) in [6.45, 7) is 14.1. The molecule has 0 bridgehead atoms. The Kier molecular flexibility index (Phi) is 59.3. The Morgan fingerprint density at radius 1 is 0.440 bits per heavy atom. The maximum atomic E-state index is 13.2. The number of nitrogens with zero attached hydrogens (tertiary/aromatic N) is 8. The first-order valence-corrected chi connectivity index (χ1v) is 51.0. The van der Waals surface area contributed by atoms with Crippen LogP contribution in [-0.4, -0.2) is 282 Å². The van der Waals surface area contributed by atoms with E-state index in [1.165, 1.54) is 12.4 Å². The summed E-state index contributed by atoms with van der Waals surface area (Å²) in [6, 6.07) is 13.4. The third-order valence-corrected chi connectivity index (χ3v) is 20.8. The molecule has 4 heterocycles. The number of Topliss-reactive ketones (excluding diaryl/α,β-unsaturated/α-hetero) is 5. The second-order valence-electron chi connectivity index (χ2n) is 31.6. The predicted octanol–water partition coefficient (Wildman–Crippen LogP) is 5.86. The summed E-state index contributed by atoms with van der Waals surface area (Å²) in [5.41, 5.74) is 14.9. The van der Waals surface area contributed by atoms with E-state index in [-0.39, 0.29) is 173 Å². The fraction of sp³-hybridized carbons (Fsp3) is 0.582. The Labute approximate surface area is 795 Å². The van der Waals surface area contributed by atoms with Gasteiger partial charge in [0.2, 0.25) is 41.4 Å². The van der Waals surface area contributed by atoms with Crippen LogP contribution in [-0.2, 0) is 119 Å². The topological polar surface area (TPSA) is 584 Å². The number of carbonyl (C=O) groups is 12. The number of carbonyl (C=O) groups excluding carboxylic acids is 10. The fourth-order valence-electron chi connectivity index (χ4n) is 13.3. The molecule has 6 aromatic rings. The van der Waals surface area contributed by atoms with Crippen molar-refractivity contribution in [2.75, 3.05) is 163 Å². The van der Waals surface area contributed by atoms with E-state index in [0.717, 1.165) is 30.5 Å². The number of halogens is 2. The molecule has 0 aliphatic carbocycles. The van der Waals surface area contributed by atoms with Crippen LogP contribution in [0.15, 0.2) is 75.5 Å². The number of H-pyrrole nitrogens is 2. The van der Waals surface area contributed by atoms with Crippen molar-refractivity contribution >= 4 is 129 Å². The van der Waals surface area contributed by atoms with Crippen molar-refractivity contribution in [1.82, 2.24) is 76.7 Å². The molecular formula is C91H131Cl2N18O22Pt+. The molecule has 4 aromatic heterocycles. The zero-order chi connectivity index (χ0) is 97.3. The van der Waals surface area contributed by atoms with E-state index in [9.17, 15) is 77.3 Å². The summed E-state index contributed by atoms with van der Waals surface area (Å²) in [5, 5.41) is 37.0. The second kappa shape index (κ2) is 69.5. The van der Waals surface area contributed by atoms with Gasteiger partial charge in [0.1, 0.15) is 11.6 Å². The second-order valence-corrected chi connectivity index (χ2v) is 34.9. The van der Waals surface area contributed by atoms with Gasteiger partial charge in [0.25, 0.3) is 11.1 Å². The molecule has 0 radical (unpaired) electrons. The number of aliphatic carboxylic acids is 2. The number of carboxylic acids is 2. The number of amides is 5. The molecule has 14 N–H and O–H groups in total. The summed E-state index contributed by atoms with van der Waals surface area (Å²) in [4.78, 5) is 213. The monoisotopic (exact) mass is 2090 g/mol. The number of aromatic nitrogens is 8. The number of aromatic amines is 2. The third-order valence-electron chi connectivity index (χ3n) is 20.8. The molecule has 6 rings (SSSR count). The van der Waals surface area contributed by atoms with Gasteiger partial charge in [0.05, 0.1) is 82.6 Å². The Bertz CT molecular complexity index is 4550. The Balaban J connectivity index is 0.0000104. The van der Waals surface area contributed by atoms with Crippen LogP contribution >= 0.6 is 18.8 Å². The van der Waals surface area contributed by atoms with Crippen molar-refractivity contribution in [1.29, 1.82) is 0 Å². The predicted molar refractivity (Wildman–Crippen MR) is 499 cm³/mol. The van der Waals surface area contributed by atoms with E-state index >= 15 is 0 Å². The molecule has 5 amide bonds. The van der Waals surface area contributed by atoms with Crippen molar-refractivity contribution in [3.63, 3.8) is 0 Å². The molecule has 0 fully saturated rings. The van der Waals surface area contributed by atoms with E-state index in [1.807, 2.05) is 4.90 Å². The van der Waals surface area contributed by atoms with Crippen molar-refractivity contribution in [2.45, 2.75) is 180 Å². The van der Waals surface area contributed by atoms with Gasteiger partial charge in [-0.2, -0.15) is 16.4 Å². The minimum atomic E-state index is -1.23.